The zero-order chi connectivity index (χ0) is 18.6. The second-order valence-corrected chi connectivity index (χ2v) is 5.93. The van der Waals surface area contributed by atoms with E-state index < -0.39 is 11.9 Å². The van der Waals surface area contributed by atoms with Gasteiger partial charge in [-0.25, -0.2) is 0 Å². The molecule has 0 aliphatic rings. The van der Waals surface area contributed by atoms with Crippen molar-refractivity contribution in [2.45, 2.75) is 41.5 Å². The van der Waals surface area contributed by atoms with Gasteiger partial charge < -0.3 is 19.8 Å². The van der Waals surface area contributed by atoms with E-state index in [1.165, 1.54) is 0 Å². The Kier molecular flexibility index (Phi) is 9.05. The van der Waals surface area contributed by atoms with Crippen molar-refractivity contribution in [3.05, 3.63) is 68.8 Å². The van der Waals surface area contributed by atoms with Gasteiger partial charge in [-0.2, -0.15) is 0 Å². The Morgan fingerprint density at radius 1 is 0.600 bits per heavy atom. The van der Waals surface area contributed by atoms with E-state index in [0.29, 0.717) is 0 Å². The molecule has 0 atom stereocenters. The van der Waals surface area contributed by atoms with Crippen LogP contribution in [0.4, 0.5) is 0 Å². The molecule has 0 fully saturated rings. The topological polar surface area (TPSA) is 80.3 Å². The first-order valence-electron chi connectivity index (χ1n) is 7.64. The first-order chi connectivity index (χ1) is 11.1. The van der Waals surface area contributed by atoms with Gasteiger partial charge in [-0.15, -0.1) is 0 Å². The van der Waals surface area contributed by atoms with Crippen molar-refractivity contribution in [3.63, 3.8) is 0 Å². The molecule has 0 saturated heterocycles. The second kappa shape index (κ2) is 9.71. The standard InChI is InChI=1S/2C10H12O2.Hg/c2*1-6-4-5-9(10(11)12)8(3)7(6)2;/h2*4-5H,1-3H3,(H,11,12);/q;;+2/p-2. The summed E-state index contributed by atoms with van der Waals surface area (Å²) in [5.74, 6) is -2.20. The third-order valence-corrected chi connectivity index (χ3v) is 4.56. The smallest absolute Gasteiger partial charge is 0.545 e. The summed E-state index contributed by atoms with van der Waals surface area (Å²) in [5, 5.41) is 21.1. The number of rotatable bonds is 2. The molecule has 0 saturated carbocycles. The van der Waals surface area contributed by atoms with Crippen LogP contribution in [0.1, 0.15) is 54.1 Å². The number of hydrogen-bond acceptors (Lipinski definition) is 4. The van der Waals surface area contributed by atoms with E-state index in [-0.39, 0.29) is 38.8 Å². The number of carbonyl (C=O) groups excluding carboxylic acids is 2. The molecule has 0 aromatic heterocycles. The van der Waals surface area contributed by atoms with Crippen LogP contribution in [0, 0.1) is 41.5 Å². The molecule has 2 aromatic rings. The predicted octanol–water partition coefficient (Wildman–Crippen LogP) is 1.95. The van der Waals surface area contributed by atoms with Crippen molar-refractivity contribution in [2.75, 3.05) is 0 Å². The normalized spacial score (nSPS) is 9.52. The molecule has 2 aromatic carbocycles. The van der Waals surface area contributed by atoms with Gasteiger partial charge in [-0.1, -0.05) is 24.3 Å². The Morgan fingerprint density at radius 2 is 0.880 bits per heavy atom. The minimum Gasteiger partial charge on any atom is -0.545 e. The van der Waals surface area contributed by atoms with E-state index >= 15 is 0 Å². The molecule has 0 spiro atoms. The summed E-state index contributed by atoms with van der Waals surface area (Å²) < 4.78 is 0. The number of aromatic carboxylic acids is 2. The first kappa shape index (κ1) is 23.3. The van der Waals surface area contributed by atoms with Crippen molar-refractivity contribution in [3.8, 4) is 0 Å². The monoisotopic (exact) mass is 528 g/mol. The molecule has 0 aliphatic carbocycles. The summed E-state index contributed by atoms with van der Waals surface area (Å²) in [4.78, 5) is 21.1. The summed E-state index contributed by atoms with van der Waals surface area (Å²) in [6, 6.07) is 6.78. The van der Waals surface area contributed by atoms with Crippen LogP contribution in [0.15, 0.2) is 24.3 Å². The van der Waals surface area contributed by atoms with E-state index in [1.54, 1.807) is 38.1 Å². The van der Waals surface area contributed by atoms with Gasteiger partial charge in [0.2, 0.25) is 0 Å². The number of hydrogen-bond donors (Lipinski definition) is 0. The molecule has 4 nitrogen and oxygen atoms in total. The van der Waals surface area contributed by atoms with Gasteiger partial charge in [0, 0.05) is 11.1 Å². The molecular formula is C20H22HgO4. The molecule has 0 unspecified atom stereocenters. The maximum absolute atomic E-state index is 10.6. The quantitative estimate of drug-likeness (QED) is 0.560. The Labute approximate surface area is 169 Å². The minimum absolute atomic E-state index is 0. The van der Waals surface area contributed by atoms with Gasteiger partial charge in [-0.3, -0.25) is 0 Å². The molecule has 128 valence electrons. The van der Waals surface area contributed by atoms with Crippen LogP contribution in [-0.2, 0) is 27.7 Å². The zero-order valence-corrected chi connectivity index (χ0v) is 21.1. The molecule has 5 heteroatoms. The zero-order valence-electron chi connectivity index (χ0n) is 15.6. The molecule has 0 N–H and O–H groups in total. The fraction of sp³-hybridized carbons (Fsp3) is 0.300. The van der Waals surface area contributed by atoms with E-state index in [0.717, 1.165) is 33.4 Å². The van der Waals surface area contributed by atoms with Crippen molar-refractivity contribution >= 4 is 11.9 Å². The number of aryl methyl sites for hydroxylation is 2. The van der Waals surface area contributed by atoms with Crippen molar-refractivity contribution in [1.82, 2.24) is 0 Å². The maximum atomic E-state index is 10.6. The average Bonchev–Trinajstić information content (AvgIpc) is 2.50. The summed E-state index contributed by atoms with van der Waals surface area (Å²) in [6.45, 7) is 11.3. The van der Waals surface area contributed by atoms with Crippen LogP contribution in [0.25, 0.3) is 0 Å². The Bertz CT molecular complexity index is 727. The van der Waals surface area contributed by atoms with Crippen LogP contribution in [-0.4, -0.2) is 11.9 Å². The van der Waals surface area contributed by atoms with Crippen LogP contribution >= 0.6 is 0 Å². The molecule has 0 aliphatic heterocycles. The van der Waals surface area contributed by atoms with Crippen molar-refractivity contribution in [1.29, 1.82) is 0 Å². The first-order valence-corrected chi connectivity index (χ1v) is 7.64. The van der Waals surface area contributed by atoms with Gasteiger partial charge in [0.1, 0.15) is 0 Å². The van der Waals surface area contributed by atoms with Gasteiger partial charge in [0.25, 0.3) is 0 Å². The molecule has 0 radical (unpaired) electrons. The maximum Gasteiger partial charge on any atom is 2.00 e. The largest absolute Gasteiger partial charge is 2.00 e. The SMILES string of the molecule is Cc1ccc(C(=O)[O-])c(C)c1C.Cc1ccc(C(=O)[O-])c(C)c1C.[Hg+2]. The van der Waals surface area contributed by atoms with E-state index in [1.807, 2.05) is 27.7 Å². The Balaban J connectivity index is 0.000000443. The Morgan fingerprint density at radius 3 is 1.12 bits per heavy atom. The molecule has 0 amide bonds. The second-order valence-electron chi connectivity index (χ2n) is 5.93. The number of carboxylic acids is 2. The third-order valence-electron chi connectivity index (χ3n) is 4.56. The average molecular weight is 527 g/mol. The summed E-state index contributed by atoms with van der Waals surface area (Å²) >= 11 is 0. The fourth-order valence-electron chi connectivity index (χ4n) is 2.35. The van der Waals surface area contributed by atoms with E-state index in [4.69, 9.17) is 0 Å². The van der Waals surface area contributed by atoms with Gasteiger partial charge >= 0.3 is 27.7 Å². The van der Waals surface area contributed by atoms with Crippen LogP contribution in [0.2, 0.25) is 0 Å². The Hall–Kier alpha value is -1.68. The third kappa shape index (κ3) is 5.67. The minimum atomic E-state index is -1.10. The van der Waals surface area contributed by atoms with Gasteiger partial charge in [0.05, 0.1) is 11.9 Å². The molecule has 0 heterocycles. The van der Waals surface area contributed by atoms with E-state index in [9.17, 15) is 19.8 Å². The fourth-order valence-corrected chi connectivity index (χ4v) is 2.35. The van der Waals surface area contributed by atoms with E-state index in [2.05, 4.69) is 0 Å². The summed E-state index contributed by atoms with van der Waals surface area (Å²) in [7, 11) is 0. The molecule has 0 bridgehead atoms. The summed E-state index contributed by atoms with van der Waals surface area (Å²) in [5.41, 5.74) is 6.45. The number of carbonyl (C=O) groups is 2. The van der Waals surface area contributed by atoms with Crippen molar-refractivity contribution < 1.29 is 47.5 Å². The van der Waals surface area contributed by atoms with Crippen LogP contribution in [0.5, 0.6) is 0 Å². The number of benzene rings is 2. The van der Waals surface area contributed by atoms with Gasteiger partial charge in [0.15, 0.2) is 0 Å². The van der Waals surface area contributed by atoms with Crippen LogP contribution < -0.4 is 10.2 Å². The molecule has 25 heavy (non-hydrogen) atoms. The molecule has 2 rings (SSSR count). The van der Waals surface area contributed by atoms with Crippen LogP contribution in [0.3, 0.4) is 0 Å². The summed E-state index contributed by atoms with van der Waals surface area (Å²) in [6.07, 6.45) is 0. The van der Waals surface area contributed by atoms with Crippen molar-refractivity contribution in [2.24, 2.45) is 0 Å². The predicted molar refractivity (Wildman–Crippen MR) is 90.0 cm³/mol. The number of carboxylic acid groups (broad SMARTS) is 2. The molecular weight excluding hydrogens is 505 g/mol. The van der Waals surface area contributed by atoms with Gasteiger partial charge in [-0.05, 0) is 74.9 Å².